The Morgan fingerprint density at radius 2 is 1.90 bits per heavy atom. The second kappa shape index (κ2) is 6.24. The van der Waals surface area contributed by atoms with E-state index < -0.39 is 10.0 Å². The van der Waals surface area contributed by atoms with E-state index in [2.05, 4.69) is 30.8 Å². The van der Waals surface area contributed by atoms with Crippen molar-refractivity contribution in [1.82, 2.24) is 10.0 Å². The lowest BCUT2D eigenvalue weighted by molar-refractivity contribution is 0.327. The van der Waals surface area contributed by atoms with Crippen LogP contribution in [0.2, 0.25) is 0 Å². The van der Waals surface area contributed by atoms with Gasteiger partial charge in [-0.25, -0.2) is 13.1 Å². The average Bonchev–Trinajstić information content (AvgIpc) is 2.41. The monoisotopic (exact) mass is 296 g/mol. The molecule has 2 rings (SSSR count). The summed E-state index contributed by atoms with van der Waals surface area (Å²) in [6, 6.07) is 7.14. The highest BCUT2D eigenvalue weighted by Crippen LogP contribution is 2.19. The molecule has 2 atom stereocenters. The molecule has 112 valence electrons. The normalized spacial score (nSPS) is 24.0. The molecule has 0 aliphatic carbocycles. The maximum atomic E-state index is 12.4. The molecule has 1 aliphatic rings. The van der Waals surface area contributed by atoms with Crippen molar-refractivity contribution in [1.29, 1.82) is 0 Å². The number of nitrogens with one attached hydrogen (secondary N) is 2. The lowest BCUT2D eigenvalue weighted by atomic mass is 9.96. The van der Waals surface area contributed by atoms with Crippen molar-refractivity contribution in [3.63, 3.8) is 0 Å². The van der Waals surface area contributed by atoms with E-state index in [9.17, 15) is 8.42 Å². The van der Waals surface area contributed by atoms with Crippen LogP contribution in [0, 0.1) is 5.92 Å². The molecule has 0 aromatic heterocycles. The van der Waals surface area contributed by atoms with Crippen LogP contribution in [0.4, 0.5) is 0 Å². The number of rotatable bonds is 4. The first-order valence-electron chi connectivity index (χ1n) is 7.23. The third-order valence-electron chi connectivity index (χ3n) is 3.99. The van der Waals surface area contributed by atoms with Crippen LogP contribution in [-0.2, 0) is 10.0 Å². The molecule has 1 aromatic carbocycles. The minimum Gasteiger partial charge on any atom is -0.315 e. The molecule has 1 saturated heterocycles. The first-order chi connectivity index (χ1) is 9.40. The van der Waals surface area contributed by atoms with Crippen LogP contribution >= 0.6 is 0 Å². The van der Waals surface area contributed by atoms with Gasteiger partial charge in [0.05, 0.1) is 4.90 Å². The van der Waals surface area contributed by atoms with E-state index in [4.69, 9.17) is 0 Å². The Morgan fingerprint density at radius 1 is 1.25 bits per heavy atom. The third kappa shape index (κ3) is 3.59. The van der Waals surface area contributed by atoms with Crippen molar-refractivity contribution in [3.8, 4) is 0 Å². The fourth-order valence-corrected chi connectivity index (χ4v) is 3.79. The van der Waals surface area contributed by atoms with Crippen molar-refractivity contribution < 1.29 is 8.42 Å². The molecule has 2 unspecified atom stereocenters. The number of sulfonamides is 1. The lowest BCUT2D eigenvalue weighted by Crippen LogP contribution is -2.50. The Balaban J connectivity index is 2.13. The van der Waals surface area contributed by atoms with Gasteiger partial charge < -0.3 is 5.32 Å². The van der Waals surface area contributed by atoms with Gasteiger partial charge in [-0.15, -0.1) is 0 Å². The summed E-state index contributed by atoms with van der Waals surface area (Å²) in [5.74, 6) is 0.767. The maximum absolute atomic E-state index is 12.4. The maximum Gasteiger partial charge on any atom is 0.240 e. The van der Waals surface area contributed by atoms with E-state index in [1.807, 2.05) is 12.1 Å². The first-order valence-corrected chi connectivity index (χ1v) is 8.71. The van der Waals surface area contributed by atoms with Gasteiger partial charge in [0, 0.05) is 12.6 Å². The van der Waals surface area contributed by atoms with Crippen LogP contribution in [0.5, 0.6) is 0 Å². The first kappa shape index (κ1) is 15.5. The van der Waals surface area contributed by atoms with E-state index in [0.29, 0.717) is 23.3 Å². The van der Waals surface area contributed by atoms with E-state index in [-0.39, 0.29) is 6.04 Å². The Labute approximate surface area is 122 Å². The molecule has 1 aromatic rings. The molecular formula is C15H24N2O2S. The van der Waals surface area contributed by atoms with Gasteiger partial charge in [0.2, 0.25) is 10.0 Å². The fourth-order valence-electron chi connectivity index (χ4n) is 2.45. The molecule has 0 radical (unpaired) electrons. The second-order valence-electron chi connectivity index (χ2n) is 5.92. The highest BCUT2D eigenvalue weighted by Gasteiger charge is 2.26. The predicted molar refractivity (Wildman–Crippen MR) is 81.3 cm³/mol. The summed E-state index contributed by atoms with van der Waals surface area (Å²) in [6.45, 7) is 7.94. The van der Waals surface area contributed by atoms with E-state index >= 15 is 0 Å². The topological polar surface area (TPSA) is 58.2 Å². The van der Waals surface area contributed by atoms with Crippen LogP contribution < -0.4 is 10.0 Å². The van der Waals surface area contributed by atoms with Crippen molar-refractivity contribution in [2.45, 2.75) is 44.0 Å². The predicted octanol–water partition coefficient (Wildman–Crippen LogP) is 2.09. The van der Waals surface area contributed by atoms with Crippen LogP contribution in [0.15, 0.2) is 29.2 Å². The van der Waals surface area contributed by atoms with Gasteiger partial charge in [-0.2, -0.15) is 0 Å². The van der Waals surface area contributed by atoms with Crippen molar-refractivity contribution in [3.05, 3.63) is 29.8 Å². The van der Waals surface area contributed by atoms with E-state index in [1.54, 1.807) is 12.1 Å². The molecule has 0 saturated carbocycles. The molecular weight excluding hydrogens is 272 g/mol. The minimum atomic E-state index is -3.43. The quantitative estimate of drug-likeness (QED) is 0.894. The zero-order chi connectivity index (χ0) is 14.8. The molecule has 0 amide bonds. The third-order valence-corrected chi connectivity index (χ3v) is 5.50. The van der Waals surface area contributed by atoms with Crippen molar-refractivity contribution in [2.75, 3.05) is 13.1 Å². The van der Waals surface area contributed by atoms with Gasteiger partial charge in [0.1, 0.15) is 0 Å². The summed E-state index contributed by atoms with van der Waals surface area (Å²) in [6.07, 6.45) is 0.999. The van der Waals surface area contributed by atoms with Gasteiger partial charge in [0.15, 0.2) is 0 Å². The molecule has 20 heavy (non-hydrogen) atoms. The molecule has 2 N–H and O–H groups in total. The lowest BCUT2D eigenvalue weighted by Gasteiger charge is -2.30. The largest absolute Gasteiger partial charge is 0.315 e. The van der Waals surface area contributed by atoms with Gasteiger partial charge in [-0.05, 0) is 42.5 Å². The van der Waals surface area contributed by atoms with Gasteiger partial charge in [0.25, 0.3) is 0 Å². The number of benzene rings is 1. The summed E-state index contributed by atoms with van der Waals surface area (Å²) in [4.78, 5) is 0.347. The molecule has 1 fully saturated rings. The Hall–Kier alpha value is -0.910. The van der Waals surface area contributed by atoms with Crippen LogP contribution in [-0.4, -0.2) is 27.5 Å². The van der Waals surface area contributed by atoms with Crippen LogP contribution in [0.1, 0.15) is 38.7 Å². The summed E-state index contributed by atoms with van der Waals surface area (Å²) in [5, 5.41) is 3.24. The standard InChI is InChI=1S/C15H24N2O2S/c1-11(2)13-4-6-14(7-5-13)20(18,19)17-15-10-16-9-8-12(15)3/h4-7,11-12,15-17H,8-10H2,1-3H3. The number of piperidine rings is 1. The summed E-state index contributed by atoms with van der Waals surface area (Å²) in [5.41, 5.74) is 1.15. The highest BCUT2D eigenvalue weighted by molar-refractivity contribution is 7.89. The smallest absolute Gasteiger partial charge is 0.240 e. The zero-order valence-electron chi connectivity index (χ0n) is 12.4. The minimum absolute atomic E-state index is 0.0291. The van der Waals surface area contributed by atoms with Gasteiger partial charge in [-0.1, -0.05) is 32.9 Å². The number of hydrogen-bond acceptors (Lipinski definition) is 3. The van der Waals surface area contributed by atoms with E-state index in [1.165, 1.54) is 0 Å². The molecule has 5 heteroatoms. The van der Waals surface area contributed by atoms with Gasteiger partial charge in [-0.3, -0.25) is 0 Å². The van der Waals surface area contributed by atoms with Crippen LogP contribution in [0.3, 0.4) is 0 Å². The van der Waals surface area contributed by atoms with E-state index in [0.717, 1.165) is 18.5 Å². The summed E-state index contributed by atoms with van der Waals surface area (Å²) >= 11 is 0. The second-order valence-corrected chi connectivity index (χ2v) is 7.64. The zero-order valence-corrected chi connectivity index (χ0v) is 13.2. The molecule has 0 bridgehead atoms. The SMILES string of the molecule is CC(C)c1ccc(S(=O)(=O)NC2CNCCC2C)cc1. The molecule has 4 nitrogen and oxygen atoms in total. The van der Waals surface area contributed by atoms with Gasteiger partial charge >= 0.3 is 0 Å². The Bertz CT molecular complexity index is 537. The molecule has 0 spiro atoms. The average molecular weight is 296 g/mol. The fraction of sp³-hybridized carbons (Fsp3) is 0.600. The molecule has 1 heterocycles. The van der Waals surface area contributed by atoms with Crippen molar-refractivity contribution >= 4 is 10.0 Å². The highest BCUT2D eigenvalue weighted by atomic mass is 32.2. The Kier molecular flexibility index (Phi) is 4.83. The number of hydrogen-bond donors (Lipinski definition) is 2. The molecule has 1 aliphatic heterocycles. The summed E-state index contributed by atoms with van der Waals surface area (Å²) < 4.78 is 27.6. The Morgan fingerprint density at radius 3 is 2.45 bits per heavy atom. The van der Waals surface area contributed by atoms with Crippen LogP contribution in [0.25, 0.3) is 0 Å². The van der Waals surface area contributed by atoms with Crippen molar-refractivity contribution in [2.24, 2.45) is 5.92 Å². The summed E-state index contributed by atoms with van der Waals surface area (Å²) in [7, 11) is -3.43.